The van der Waals surface area contributed by atoms with Crippen LogP contribution in [0.1, 0.15) is 35.2 Å². The van der Waals surface area contributed by atoms with Gasteiger partial charge in [0.15, 0.2) is 5.54 Å². The Hall–Kier alpha value is -3.88. The number of carbonyl (C=O) groups excluding carboxylic acids is 4. The van der Waals surface area contributed by atoms with Gasteiger partial charge in [0.1, 0.15) is 12.3 Å². The van der Waals surface area contributed by atoms with E-state index in [0.717, 1.165) is 17.7 Å². The number of amides is 5. The number of ether oxygens (including phenoxy) is 1. The van der Waals surface area contributed by atoms with E-state index in [4.69, 9.17) is 4.74 Å². The minimum absolute atomic E-state index is 0.196. The van der Waals surface area contributed by atoms with E-state index in [2.05, 4.69) is 16.0 Å². The van der Waals surface area contributed by atoms with Crippen molar-refractivity contribution in [3.63, 3.8) is 0 Å². The molecule has 5 rings (SSSR count). The third kappa shape index (κ3) is 3.55. The van der Waals surface area contributed by atoms with Gasteiger partial charge < -0.3 is 20.7 Å². The van der Waals surface area contributed by atoms with E-state index in [1.807, 2.05) is 0 Å². The van der Waals surface area contributed by atoms with Gasteiger partial charge in [-0.3, -0.25) is 19.3 Å². The number of imide groups is 1. The molecule has 2 fully saturated rings. The standard InChI is InChI=1S/C23H22N4O5/c28-19(24-16-5-3-4-14(12-16)20(29)25-15-8-9-15)13-27-21(30)23(26-22(27)31)10-11-32-18-7-2-1-6-17(18)23/h1-7,12,15H,8-11,13H2,(H,24,28)(H,25,29)(H,26,31)/t23-/m1/s1. The van der Waals surface area contributed by atoms with Crippen LogP contribution < -0.4 is 20.7 Å². The second-order valence-electron chi connectivity index (χ2n) is 8.20. The van der Waals surface area contributed by atoms with Crippen molar-refractivity contribution in [2.24, 2.45) is 0 Å². The van der Waals surface area contributed by atoms with Crippen molar-refractivity contribution in [1.29, 1.82) is 0 Å². The molecule has 9 nitrogen and oxygen atoms in total. The number of rotatable bonds is 5. The predicted molar refractivity (Wildman–Crippen MR) is 114 cm³/mol. The van der Waals surface area contributed by atoms with Gasteiger partial charge >= 0.3 is 6.03 Å². The molecule has 164 valence electrons. The lowest BCUT2D eigenvalue weighted by Crippen LogP contribution is -2.48. The summed E-state index contributed by atoms with van der Waals surface area (Å²) in [6.45, 7) is -0.160. The largest absolute Gasteiger partial charge is 0.493 e. The van der Waals surface area contributed by atoms with Crippen molar-refractivity contribution in [1.82, 2.24) is 15.5 Å². The molecule has 2 heterocycles. The van der Waals surface area contributed by atoms with Crippen LogP contribution >= 0.6 is 0 Å². The van der Waals surface area contributed by atoms with Gasteiger partial charge in [-0.25, -0.2) is 4.79 Å². The maximum Gasteiger partial charge on any atom is 0.325 e. The second-order valence-corrected chi connectivity index (χ2v) is 8.20. The molecule has 0 unspecified atom stereocenters. The Morgan fingerprint density at radius 2 is 1.94 bits per heavy atom. The maximum atomic E-state index is 13.2. The van der Waals surface area contributed by atoms with Crippen molar-refractivity contribution < 1.29 is 23.9 Å². The summed E-state index contributed by atoms with van der Waals surface area (Å²) in [5, 5.41) is 8.33. The molecule has 3 aliphatic rings. The van der Waals surface area contributed by atoms with E-state index in [1.54, 1.807) is 48.5 Å². The first-order valence-electron chi connectivity index (χ1n) is 10.5. The fourth-order valence-electron chi connectivity index (χ4n) is 4.09. The smallest absolute Gasteiger partial charge is 0.325 e. The third-order valence-electron chi connectivity index (χ3n) is 5.88. The van der Waals surface area contributed by atoms with Crippen molar-refractivity contribution in [3.05, 3.63) is 59.7 Å². The number of nitrogens with one attached hydrogen (secondary N) is 3. The van der Waals surface area contributed by atoms with Crippen LogP contribution in [-0.2, 0) is 15.1 Å². The monoisotopic (exact) mass is 434 g/mol. The van der Waals surface area contributed by atoms with Crippen LogP contribution in [0.4, 0.5) is 10.5 Å². The van der Waals surface area contributed by atoms with E-state index in [9.17, 15) is 19.2 Å². The highest BCUT2D eigenvalue weighted by atomic mass is 16.5. The van der Waals surface area contributed by atoms with E-state index in [0.29, 0.717) is 22.6 Å². The summed E-state index contributed by atoms with van der Waals surface area (Å²) in [4.78, 5) is 51.7. The Morgan fingerprint density at radius 1 is 1.12 bits per heavy atom. The summed E-state index contributed by atoms with van der Waals surface area (Å²) in [6, 6.07) is 13.2. The number of benzene rings is 2. The van der Waals surface area contributed by atoms with Gasteiger partial charge in [-0.05, 0) is 37.1 Å². The lowest BCUT2D eigenvalue weighted by atomic mass is 9.84. The topological polar surface area (TPSA) is 117 Å². The van der Waals surface area contributed by atoms with Crippen LogP contribution in [0.5, 0.6) is 5.75 Å². The quantitative estimate of drug-likeness (QED) is 0.620. The average molecular weight is 434 g/mol. The number of urea groups is 1. The number of fused-ring (bicyclic) bond motifs is 2. The van der Waals surface area contributed by atoms with Crippen LogP contribution in [0.2, 0.25) is 0 Å². The molecule has 1 aliphatic carbocycles. The highest BCUT2D eigenvalue weighted by Gasteiger charge is 2.55. The predicted octanol–water partition coefficient (Wildman–Crippen LogP) is 1.75. The Morgan fingerprint density at radius 3 is 2.75 bits per heavy atom. The fraction of sp³-hybridized carbons (Fsp3) is 0.304. The number of hydrogen-bond acceptors (Lipinski definition) is 5. The zero-order valence-electron chi connectivity index (χ0n) is 17.2. The summed E-state index contributed by atoms with van der Waals surface area (Å²) in [6.07, 6.45) is 2.24. The first-order chi connectivity index (χ1) is 15.5. The van der Waals surface area contributed by atoms with Crippen LogP contribution in [0.25, 0.3) is 0 Å². The molecule has 0 bridgehead atoms. The summed E-state index contributed by atoms with van der Waals surface area (Å²) in [7, 11) is 0. The molecular formula is C23H22N4O5. The first-order valence-corrected chi connectivity index (χ1v) is 10.5. The van der Waals surface area contributed by atoms with Gasteiger partial charge in [0, 0.05) is 29.3 Å². The van der Waals surface area contributed by atoms with Crippen LogP contribution in [0.15, 0.2) is 48.5 Å². The molecule has 1 spiro atoms. The summed E-state index contributed by atoms with van der Waals surface area (Å²) in [5.74, 6) is -0.672. The highest BCUT2D eigenvalue weighted by molar-refractivity contribution is 6.11. The minimum atomic E-state index is -1.23. The number of anilines is 1. The minimum Gasteiger partial charge on any atom is -0.493 e. The number of hydrogen-bond donors (Lipinski definition) is 3. The molecular weight excluding hydrogens is 412 g/mol. The van der Waals surface area contributed by atoms with Crippen LogP contribution in [0, 0.1) is 0 Å². The molecule has 2 aromatic carbocycles. The molecule has 1 saturated heterocycles. The van der Waals surface area contributed by atoms with Crippen molar-refractivity contribution in [3.8, 4) is 5.75 Å². The van der Waals surface area contributed by atoms with Gasteiger partial charge in [0.25, 0.3) is 11.8 Å². The third-order valence-corrected chi connectivity index (χ3v) is 5.88. The maximum absolute atomic E-state index is 13.2. The summed E-state index contributed by atoms with van der Waals surface area (Å²) in [5.41, 5.74) is 0.202. The lowest BCUT2D eigenvalue weighted by molar-refractivity contribution is -0.135. The molecule has 1 atom stereocenters. The van der Waals surface area contributed by atoms with Gasteiger partial charge in [0.2, 0.25) is 5.91 Å². The Balaban J connectivity index is 1.29. The van der Waals surface area contributed by atoms with Gasteiger partial charge in [-0.2, -0.15) is 0 Å². The van der Waals surface area contributed by atoms with Gasteiger partial charge in [0.05, 0.1) is 6.61 Å². The Kier molecular flexibility index (Phi) is 4.80. The molecule has 1 saturated carbocycles. The zero-order valence-corrected chi connectivity index (χ0v) is 17.2. The summed E-state index contributed by atoms with van der Waals surface area (Å²) >= 11 is 0. The van der Waals surface area contributed by atoms with Crippen LogP contribution in [-0.4, -0.2) is 47.8 Å². The highest BCUT2D eigenvalue weighted by Crippen LogP contribution is 2.40. The normalized spacial score (nSPS) is 21.6. The van der Waals surface area contributed by atoms with E-state index >= 15 is 0 Å². The Labute approximate surface area is 184 Å². The molecule has 9 heteroatoms. The molecule has 3 N–H and O–H groups in total. The van der Waals surface area contributed by atoms with Crippen molar-refractivity contribution >= 4 is 29.4 Å². The number of para-hydroxylation sites is 1. The average Bonchev–Trinajstić information content (AvgIpc) is 3.57. The van der Waals surface area contributed by atoms with Crippen molar-refractivity contribution in [2.45, 2.75) is 30.8 Å². The van der Waals surface area contributed by atoms with Gasteiger partial charge in [-0.1, -0.05) is 24.3 Å². The van der Waals surface area contributed by atoms with Crippen LogP contribution in [0.3, 0.4) is 0 Å². The summed E-state index contributed by atoms with van der Waals surface area (Å²) < 4.78 is 5.61. The SMILES string of the molecule is O=C(CN1C(=O)N[C@@]2(CCOc3ccccc32)C1=O)Nc1cccc(C(=O)NC2CC2)c1. The fourth-order valence-corrected chi connectivity index (χ4v) is 4.09. The molecule has 0 aromatic heterocycles. The molecule has 32 heavy (non-hydrogen) atoms. The number of nitrogens with zero attached hydrogens (tertiary/aromatic N) is 1. The molecule has 2 aromatic rings. The first kappa shape index (κ1) is 20.0. The zero-order chi connectivity index (χ0) is 22.3. The Bertz CT molecular complexity index is 1130. The second kappa shape index (κ2) is 7.67. The van der Waals surface area contributed by atoms with Crippen molar-refractivity contribution in [2.75, 3.05) is 18.5 Å². The molecule has 5 amide bonds. The molecule has 0 radical (unpaired) electrons. The van der Waals surface area contributed by atoms with E-state index in [-0.39, 0.29) is 25.0 Å². The van der Waals surface area contributed by atoms with E-state index < -0.39 is 29.9 Å². The lowest BCUT2D eigenvalue weighted by Gasteiger charge is -2.33. The van der Waals surface area contributed by atoms with E-state index in [1.165, 1.54) is 0 Å². The molecule has 2 aliphatic heterocycles. The van der Waals surface area contributed by atoms with Gasteiger partial charge in [-0.15, -0.1) is 0 Å². The number of carbonyl (C=O) groups is 4.